The van der Waals surface area contributed by atoms with Crippen molar-refractivity contribution in [3.63, 3.8) is 0 Å². The van der Waals surface area contributed by atoms with Gasteiger partial charge in [-0.15, -0.1) is 6.58 Å². The van der Waals surface area contributed by atoms with E-state index in [2.05, 4.69) is 18.0 Å². The smallest absolute Gasteiger partial charge is 0.248 e. The van der Waals surface area contributed by atoms with Crippen LogP contribution in [0.25, 0.3) is 0 Å². The van der Waals surface area contributed by atoms with Crippen LogP contribution >= 0.6 is 0 Å². The van der Waals surface area contributed by atoms with Crippen LogP contribution in [-0.2, 0) is 11.2 Å². The molecule has 0 aromatic heterocycles. The minimum Gasteiger partial charge on any atom is -0.272 e. The molecule has 0 spiro atoms. The highest BCUT2D eigenvalue weighted by Gasteiger charge is 2.26. The van der Waals surface area contributed by atoms with E-state index in [0.29, 0.717) is 6.54 Å². The first kappa shape index (κ1) is 10.9. The van der Waals surface area contributed by atoms with E-state index < -0.39 is 0 Å². The highest BCUT2D eigenvalue weighted by atomic mass is 16.1. The average molecular weight is 214 g/mol. The minimum absolute atomic E-state index is 0.0232. The number of piperidine rings is 1. The van der Waals surface area contributed by atoms with Crippen molar-refractivity contribution in [3.05, 3.63) is 48.0 Å². The van der Waals surface area contributed by atoms with Gasteiger partial charge in [-0.3, -0.25) is 10.1 Å². The maximum Gasteiger partial charge on any atom is 0.248 e. The third kappa shape index (κ3) is 2.16. The molecule has 2 heteroatoms. The molecule has 1 aliphatic heterocycles. The number of carbonyl (C=O) groups is 1. The first-order valence-electron chi connectivity index (χ1n) is 5.73. The summed E-state index contributed by atoms with van der Waals surface area (Å²) in [4.78, 5) is 11.8. The van der Waals surface area contributed by atoms with Gasteiger partial charge in [0.15, 0.2) is 0 Å². The van der Waals surface area contributed by atoms with E-state index in [1.54, 1.807) is 0 Å². The molecule has 0 aliphatic carbocycles. The first-order chi connectivity index (χ1) is 7.83. The van der Waals surface area contributed by atoms with E-state index >= 15 is 0 Å². The molecule has 1 heterocycles. The van der Waals surface area contributed by atoms with Crippen molar-refractivity contribution >= 4 is 5.91 Å². The van der Waals surface area contributed by atoms with Gasteiger partial charge in [-0.1, -0.05) is 30.3 Å². The molecule has 1 amide bonds. The summed E-state index contributed by atoms with van der Waals surface area (Å²) >= 11 is 0. The van der Waals surface area contributed by atoms with Gasteiger partial charge >= 0.3 is 0 Å². The van der Waals surface area contributed by atoms with E-state index in [1.165, 1.54) is 5.56 Å². The van der Waals surface area contributed by atoms with Gasteiger partial charge in [-0.2, -0.15) is 0 Å². The van der Waals surface area contributed by atoms with Gasteiger partial charge in [0, 0.05) is 6.54 Å². The lowest BCUT2D eigenvalue weighted by atomic mass is 9.87. The summed E-state index contributed by atoms with van der Waals surface area (Å²) < 4.78 is 0. The van der Waals surface area contributed by atoms with Gasteiger partial charge in [0.05, 0.1) is 5.92 Å². The van der Waals surface area contributed by atoms with Gasteiger partial charge in [-0.05, 0) is 30.4 Å². The fourth-order valence-corrected chi connectivity index (χ4v) is 2.22. The number of rotatable bonds is 3. The molecule has 1 radical (unpaired) electrons. The van der Waals surface area contributed by atoms with Crippen molar-refractivity contribution in [2.75, 3.05) is 6.54 Å². The number of nitrogens with zero attached hydrogens (tertiary/aromatic N) is 1. The zero-order chi connectivity index (χ0) is 11.4. The van der Waals surface area contributed by atoms with Gasteiger partial charge < -0.3 is 0 Å². The van der Waals surface area contributed by atoms with Gasteiger partial charge in [0.1, 0.15) is 0 Å². The summed E-state index contributed by atoms with van der Waals surface area (Å²) in [5, 5.41) is 4.02. The molecule has 1 aromatic rings. The molecule has 1 fully saturated rings. The Hall–Kier alpha value is -1.57. The van der Waals surface area contributed by atoms with E-state index in [1.807, 2.05) is 24.3 Å². The molecule has 1 aliphatic rings. The molecule has 1 unspecified atom stereocenters. The molecule has 0 saturated carbocycles. The van der Waals surface area contributed by atoms with Crippen molar-refractivity contribution in [1.29, 1.82) is 0 Å². The monoisotopic (exact) mass is 214 g/mol. The summed E-state index contributed by atoms with van der Waals surface area (Å²) in [6.07, 6.45) is 4.64. The fraction of sp³-hybridized carbons (Fsp3) is 0.357. The normalized spacial score (nSPS) is 20.2. The summed E-state index contributed by atoms with van der Waals surface area (Å²) in [5.74, 6) is 0.0210. The number of benzene rings is 1. The van der Waals surface area contributed by atoms with Crippen molar-refractivity contribution in [3.8, 4) is 0 Å². The van der Waals surface area contributed by atoms with Gasteiger partial charge in [-0.25, -0.2) is 0 Å². The van der Waals surface area contributed by atoms with Crippen LogP contribution in [0.3, 0.4) is 0 Å². The highest BCUT2D eigenvalue weighted by molar-refractivity contribution is 5.84. The Morgan fingerprint density at radius 3 is 3.00 bits per heavy atom. The second-order valence-electron chi connectivity index (χ2n) is 4.11. The minimum atomic E-state index is -0.0232. The molecule has 16 heavy (non-hydrogen) atoms. The van der Waals surface area contributed by atoms with E-state index in [0.717, 1.165) is 24.8 Å². The van der Waals surface area contributed by atoms with Crippen LogP contribution in [0.2, 0.25) is 0 Å². The Labute approximate surface area is 96.4 Å². The SMILES string of the molecule is C=CCc1ccccc1C1CCC[N]C1=O. The average Bonchev–Trinajstić information content (AvgIpc) is 2.31. The Morgan fingerprint density at radius 1 is 1.44 bits per heavy atom. The van der Waals surface area contributed by atoms with E-state index in [4.69, 9.17) is 0 Å². The van der Waals surface area contributed by atoms with Crippen LogP contribution in [0, 0.1) is 0 Å². The Morgan fingerprint density at radius 2 is 2.25 bits per heavy atom. The first-order valence-corrected chi connectivity index (χ1v) is 5.73. The van der Waals surface area contributed by atoms with Crippen molar-refractivity contribution in [2.24, 2.45) is 0 Å². The lowest BCUT2D eigenvalue weighted by Crippen LogP contribution is -2.30. The maximum atomic E-state index is 11.8. The second kappa shape index (κ2) is 4.97. The molecule has 0 N–H and O–H groups in total. The Bertz CT molecular complexity index is 397. The molecule has 0 bridgehead atoms. The zero-order valence-electron chi connectivity index (χ0n) is 9.36. The molecule has 83 valence electrons. The lowest BCUT2D eigenvalue weighted by molar-refractivity contribution is -0.124. The molecule has 1 aromatic carbocycles. The van der Waals surface area contributed by atoms with Crippen LogP contribution in [-0.4, -0.2) is 12.5 Å². The number of carbonyl (C=O) groups excluding carboxylic acids is 1. The second-order valence-corrected chi connectivity index (χ2v) is 4.11. The standard InChI is InChI=1S/C14H16NO/c1-2-6-11-7-3-4-8-12(11)13-9-5-10-15-14(13)16/h2-4,7-8,13H,1,5-6,9-10H2. The summed E-state index contributed by atoms with van der Waals surface area (Å²) in [6.45, 7) is 4.45. The van der Waals surface area contributed by atoms with Crippen LogP contribution in [0.1, 0.15) is 29.9 Å². The van der Waals surface area contributed by atoms with Crippen molar-refractivity contribution < 1.29 is 4.79 Å². The summed E-state index contributed by atoms with van der Waals surface area (Å²) in [5.41, 5.74) is 2.34. The molecular formula is C14H16NO. The van der Waals surface area contributed by atoms with Crippen LogP contribution in [0.4, 0.5) is 0 Å². The fourth-order valence-electron chi connectivity index (χ4n) is 2.22. The van der Waals surface area contributed by atoms with Crippen LogP contribution in [0.15, 0.2) is 36.9 Å². The molecule has 1 saturated heterocycles. The summed E-state index contributed by atoms with van der Waals surface area (Å²) in [6, 6.07) is 8.11. The molecular weight excluding hydrogens is 198 g/mol. The van der Waals surface area contributed by atoms with Crippen LogP contribution < -0.4 is 5.32 Å². The van der Waals surface area contributed by atoms with Gasteiger partial charge in [0.25, 0.3) is 0 Å². The molecule has 2 nitrogen and oxygen atoms in total. The quantitative estimate of drug-likeness (QED) is 0.711. The zero-order valence-corrected chi connectivity index (χ0v) is 9.36. The topological polar surface area (TPSA) is 31.2 Å². The number of allylic oxidation sites excluding steroid dienone is 1. The third-order valence-corrected chi connectivity index (χ3v) is 3.01. The summed E-state index contributed by atoms with van der Waals surface area (Å²) in [7, 11) is 0. The number of hydrogen-bond acceptors (Lipinski definition) is 1. The van der Waals surface area contributed by atoms with Crippen molar-refractivity contribution in [2.45, 2.75) is 25.2 Å². The lowest BCUT2D eigenvalue weighted by Gasteiger charge is -2.22. The Balaban J connectivity index is 2.30. The van der Waals surface area contributed by atoms with E-state index in [-0.39, 0.29) is 11.8 Å². The molecule has 2 rings (SSSR count). The predicted molar refractivity (Wildman–Crippen MR) is 64.3 cm³/mol. The van der Waals surface area contributed by atoms with Crippen molar-refractivity contribution in [1.82, 2.24) is 5.32 Å². The number of amides is 1. The highest BCUT2D eigenvalue weighted by Crippen LogP contribution is 2.28. The van der Waals surface area contributed by atoms with E-state index in [9.17, 15) is 4.79 Å². The number of hydrogen-bond donors (Lipinski definition) is 0. The molecule has 1 atom stereocenters. The maximum absolute atomic E-state index is 11.8. The van der Waals surface area contributed by atoms with Crippen LogP contribution in [0.5, 0.6) is 0 Å². The Kier molecular flexibility index (Phi) is 3.40. The predicted octanol–water partition coefficient (Wildman–Crippen LogP) is 2.42. The third-order valence-electron chi connectivity index (χ3n) is 3.01. The largest absolute Gasteiger partial charge is 0.272 e. The van der Waals surface area contributed by atoms with Gasteiger partial charge in [0.2, 0.25) is 5.91 Å².